The Balaban J connectivity index is 1.59. The number of carbonyl (C=O) groups is 2. The fourth-order valence-corrected chi connectivity index (χ4v) is 3.72. The molecule has 7 nitrogen and oxygen atoms in total. The first-order chi connectivity index (χ1) is 14.7. The quantitative estimate of drug-likeness (QED) is 0.485. The monoisotopic (exact) mass is 481 g/mol. The molecule has 0 radical (unpaired) electrons. The minimum atomic E-state index is -0.449. The number of aromatic nitrogens is 3. The lowest BCUT2D eigenvalue weighted by Gasteiger charge is -2.14. The van der Waals surface area contributed by atoms with Gasteiger partial charge in [0.25, 0.3) is 5.91 Å². The van der Waals surface area contributed by atoms with Gasteiger partial charge in [-0.3, -0.25) is 9.59 Å². The fraction of sp³-hybridized carbons (Fsp3) is 0.200. The standard InChI is InChI=1S/C20H18Cl2FN5O2S/c1-11(24-19(30)12-6-7-15(21)16(22)8-12)18-26-27-20(28(18)2)31-10-17(29)25-14-5-3-4-13(23)9-14/h3-9,11H,10H2,1-2H3,(H,24,30)(H,25,29)/t11-/m0/s1. The van der Waals surface area contributed by atoms with E-state index in [1.54, 1.807) is 36.7 Å². The van der Waals surface area contributed by atoms with Crippen LogP contribution < -0.4 is 10.6 Å². The highest BCUT2D eigenvalue weighted by Crippen LogP contribution is 2.23. The predicted molar refractivity (Wildman–Crippen MR) is 119 cm³/mol. The fourth-order valence-electron chi connectivity index (χ4n) is 2.70. The first-order valence-corrected chi connectivity index (χ1v) is 10.8. The van der Waals surface area contributed by atoms with Crippen molar-refractivity contribution in [3.63, 3.8) is 0 Å². The molecule has 31 heavy (non-hydrogen) atoms. The second kappa shape index (κ2) is 10.1. The molecule has 1 aromatic heterocycles. The van der Waals surface area contributed by atoms with Crippen molar-refractivity contribution in [1.29, 1.82) is 0 Å². The van der Waals surface area contributed by atoms with Gasteiger partial charge < -0.3 is 15.2 Å². The van der Waals surface area contributed by atoms with Gasteiger partial charge in [-0.15, -0.1) is 10.2 Å². The smallest absolute Gasteiger partial charge is 0.251 e. The number of benzene rings is 2. The third-order valence-corrected chi connectivity index (χ3v) is 5.99. The molecule has 11 heteroatoms. The number of nitrogens with zero attached hydrogens (tertiary/aromatic N) is 3. The van der Waals surface area contributed by atoms with Gasteiger partial charge in [-0.1, -0.05) is 41.0 Å². The van der Waals surface area contributed by atoms with Crippen LogP contribution >= 0.6 is 35.0 Å². The third-order valence-electron chi connectivity index (χ3n) is 4.23. The van der Waals surface area contributed by atoms with Crippen molar-refractivity contribution in [2.24, 2.45) is 7.05 Å². The van der Waals surface area contributed by atoms with Gasteiger partial charge in [0.05, 0.1) is 21.8 Å². The van der Waals surface area contributed by atoms with E-state index < -0.39 is 11.9 Å². The number of carbonyl (C=O) groups excluding carboxylic acids is 2. The molecule has 0 aliphatic heterocycles. The molecule has 0 unspecified atom stereocenters. The van der Waals surface area contributed by atoms with Gasteiger partial charge in [-0.05, 0) is 43.3 Å². The topological polar surface area (TPSA) is 88.9 Å². The van der Waals surface area contributed by atoms with Crippen molar-refractivity contribution in [3.8, 4) is 0 Å². The highest BCUT2D eigenvalue weighted by atomic mass is 35.5. The molecule has 0 aliphatic carbocycles. The van der Waals surface area contributed by atoms with E-state index >= 15 is 0 Å². The summed E-state index contributed by atoms with van der Waals surface area (Å²) >= 11 is 13.0. The molecular weight excluding hydrogens is 464 g/mol. The molecule has 0 aliphatic rings. The molecular formula is C20H18Cl2FN5O2S. The Bertz CT molecular complexity index is 1120. The second-order valence-corrected chi connectivity index (χ2v) is 8.33. The van der Waals surface area contributed by atoms with Crippen LogP contribution in [0.2, 0.25) is 10.0 Å². The van der Waals surface area contributed by atoms with Crippen LogP contribution in [0.15, 0.2) is 47.6 Å². The van der Waals surface area contributed by atoms with Crippen LogP contribution in [0.25, 0.3) is 0 Å². The molecule has 2 amide bonds. The summed E-state index contributed by atoms with van der Waals surface area (Å²) in [4.78, 5) is 24.6. The summed E-state index contributed by atoms with van der Waals surface area (Å²) in [5, 5.41) is 14.8. The Kier molecular flexibility index (Phi) is 7.53. The number of nitrogens with one attached hydrogen (secondary N) is 2. The zero-order valence-electron chi connectivity index (χ0n) is 16.5. The number of hydrogen-bond acceptors (Lipinski definition) is 5. The van der Waals surface area contributed by atoms with E-state index in [1.165, 1.54) is 36.0 Å². The molecule has 1 heterocycles. The number of halogens is 3. The third kappa shape index (κ3) is 5.96. The molecule has 2 aromatic carbocycles. The number of hydrogen-bond donors (Lipinski definition) is 2. The summed E-state index contributed by atoms with van der Waals surface area (Å²) < 4.78 is 14.9. The van der Waals surface area contributed by atoms with Gasteiger partial charge >= 0.3 is 0 Å². The summed E-state index contributed by atoms with van der Waals surface area (Å²) in [5.74, 6) is -0.493. The van der Waals surface area contributed by atoms with Gasteiger partial charge in [0.15, 0.2) is 11.0 Å². The van der Waals surface area contributed by atoms with Crippen LogP contribution in [-0.2, 0) is 11.8 Å². The number of anilines is 1. The van der Waals surface area contributed by atoms with Crippen LogP contribution in [0.3, 0.4) is 0 Å². The lowest BCUT2D eigenvalue weighted by atomic mass is 10.2. The van der Waals surface area contributed by atoms with Gasteiger partial charge in [0, 0.05) is 18.3 Å². The number of amides is 2. The summed E-state index contributed by atoms with van der Waals surface area (Å²) in [6.07, 6.45) is 0. The van der Waals surface area contributed by atoms with Crippen molar-refractivity contribution >= 4 is 52.5 Å². The van der Waals surface area contributed by atoms with Crippen LogP contribution in [0.1, 0.15) is 29.1 Å². The SMILES string of the molecule is C[C@H](NC(=O)c1ccc(Cl)c(Cl)c1)c1nnc(SCC(=O)Nc2cccc(F)c2)n1C. The summed E-state index contributed by atoms with van der Waals surface area (Å²) in [6.45, 7) is 1.77. The number of rotatable bonds is 7. The van der Waals surface area contributed by atoms with Crippen LogP contribution in [0.4, 0.5) is 10.1 Å². The van der Waals surface area contributed by atoms with Gasteiger partial charge in [-0.25, -0.2) is 4.39 Å². The summed E-state index contributed by atoms with van der Waals surface area (Å²) in [5.41, 5.74) is 0.745. The molecule has 0 bridgehead atoms. The lowest BCUT2D eigenvalue weighted by molar-refractivity contribution is -0.113. The summed E-state index contributed by atoms with van der Waals surface area (Å²) in [6, 6.07) is 9.82. The van der Waals surface area contributed by atoms with Crippen molar-refractivity contribution in [3.05, 3.63) is 69.7 Å². The molecule has 0 saturated heterocycles. The molecule has 3 rings (SSSR count). The maximum absolute atomic E-state index is 13.2. The van der Waals surface area contributed by atoms with E-state index in [2.05, 4.69) is 20.8 Å². The molecule has 0 fully saturated rings. The van der Waals surface area contributed by atoms with E-state index in [9.17, 15) is 14.0 Å². The van der Waals surface area contributed by atoms with Crippen LogP contribution in [0.5, 0.6) is 0 Å². The molecule has 1 atom stereocenters. The average Bonchev–Trinajstić information content (AvgIpc) is 3.09. The minimum absolute atomic E-state index is 0.0620. The average molecular weight is 482 g/mol. The molecule has 0 saturated carbocycles. The Morgan fingerprint density at radius 3 is 2.65 bits per heavy atom. The predicted octanol–water partition coefficient (Wildman–Crippen LogP) is 4.48. The highest BCUT2D eigenvalue weighted by Gasteiger charge is 2.19. The van der Waals surface area contributed by atoms with Crippen molar-refractivity contribution in [2.45, 2.75) is 18.1 Å². The lowest BCUT2D eigenvalue weighted by Crippen LogP contribution is -2.28. The normalized spacial score (nSPS) is 11.8. The maximum Gasteiger partial charge on any atom is 0.251 e. The van der Waals surface area contributed by atoms with E-state index in [1.807, 2.05) is 0 Å². The van der Waals surface area contributed by atoms with Gasteiger partial charge in [0.2, 0.25) is 5.91 Å². The Morgan fingerprint density at radius 2 is 1.94 bits per heavy atom. The molecule has 2 N–H and O–H groups in total. The van der Waals surface area contributed by atoms with Crippen molar-refractivity contribution < 1.29 is 14.0 Å². The van der Waals surface area contributed by atoms with E-state index in [0.29, 0.717) is 27.3 Å². The second-order valence-electron chi connectivity index (χ2n) is 6.57. The first-order valence-electron chi connectivity index (χ1n) is 9.08. The Labute approximate surface area is 192 Å². The Morgan fingerprint density at radius 1 is 1.16 bits per heavy atom. The summed E-state index contributed by atoms with van der Waals surface area (Å²) in [7, 11) is 1.74. The van der Waals surface area contributed by atoms with Crippen molar-refractivity contribution in [1.82, 2.24) is 20.1 Å². The van der Waals surface area contributed by atoms with Gasteiger partial charge in [-0.2, -0.15) is 0 Å². The zero-order valence-corrected chi connectivity index (χ0v) is 18.9. The van der Waals surface area contributed by atoms with E-state index in [4.69, 9.17) is 23.2 Å². The molecule has 3 aromatic rings. The van der Waals surface area contributed by atoms with Crippen LogP contribution in [-0.4, -0.2) is 32.3 Å². The van der Waals surface area contributed by atoms with Crippen molar-refractivity contribution in [2.75, 3.05) is 11.1 Å². The first kappa shape index (κ1) is 23.1. The van der Waals surface area contributed by atoms with E-state index in [-0.39, 0.29) is 22.6 Å². The molecule has 0 spiro atoms. The van der Waals surface area contributed by atoms with Gasteiger partial charge in [0.1, 0.15) is 5.82 Å². The zero-order chi connectivity index (χ0) is 22.5. The van der Waals surface area contributed by atoms with Crippen LogP contribution in [0, 0.1) is 5.82 Å². The minimum Gasteiger partial charge on any atom is -0.342 e. The maximum atomic E-state index is 13.2. The Hall–Kier alpha value is -2.62. The number of thioether (sulfide) groups is 1. The molecule has 162 valence electrons. The largest absolute Gasteiger partial charge is 0.342 e. The van der Waals surface area contributed by atoms with E-state index in [0.717, 1.165) is 0 Å². The highest BCUT2D eigenvalue weighted by molar-refractivity contribution is 7.99.